The predicted molar refractivity (Wildman–Crippen MR) is 179 cm³/mol. The number of rotatable bonds is 11. The Bertz CT molecular complexity index is 1670. The number of hydrogen-bond acceptors (Lipinski definition) is 10. The number of fused-ring (bicyclic) bond motifs is 1. The Labute approximate surface area is 269 Å². The van der Waals surface area contributed by atoms with Gasteiger partial charge in [-0.3, -0.25) is 4.98 Å². The highest BCUT2D eigenvalue weighted by molar-refractivity contribution is 7.98. The molecule has 1 aliphatic heterocycles. The number of carboxylic acid groups (broad SMARTS) is 1. The molecule has 1 saturated heterocycles. The number of aliphatic carboxylic acids is 1. The van der Waals surface area contributed by atoms with Gasteiger partial charge in [-0.15, -0.1) is 0 Å². The third-order valence-corrected chi connectivity index (χ3v) is 9.27. The van der Waals surface area contributed by atoms with Crippen LogP contribution >= 0.6 is 35.0 Å². The van der Waals surface area contributed by atoms with Gasteiger partial charge in [0, 0.05) is 30.6 Å². The Morgan fingerprint density at radius 3 is 2.45 bits per heavy atom. The van der Waals surface area contributed by atoms with Crippen molar-refractivity contribution in [1.82, 2.24) is 15.0 Å². The normalized spacial score (nSPS) is 17.2. The average molecular weight is 655 g/mol. The fourth-order valence-corrected chi connectivity index (χ4v) is 6.61. The monoisotopic (exact) mass is 653 g/mol. The van der Waals surface area contributed by atoms with E-state index in [0.29, 0.717) is 47.2 Å². The average Bonchev–Trinajstić information content (AvgIpc) is 3.76. The molecule has 10 nitrogen and oxygen atoms in total. The van der Waals surface area contributed by atoms with Crippen LogP contribution in [0.3, 0.4) is 0 Å². The molecule has 2 atom stereocenters. The van der Waals surface area contributed by atoms with Crippen LogP contribution in [0.25, 0.3) is 22.0 Å². The molecule has 44 heavy (non-hydrogen) atoms. The minimum Gasteiger partial charge on any atom is -0.505 e. The second kappa shape index (κ2) is 12.8. The number of thioether (sulfide) groups is 1. The number of phenols is 1. The highest BCUT2D eigenvalue weighted by atomic mass is 35.5. The predicted octanol–water partition coefficient (Wildman–Crippen LogP) is 6.16. The number of aromatic nitrogens is 3. The Balaban J connectivity index is 1.48. The van der Waals surface area contributed by atoms with Crippen molar-refractivity contribution in [1.29, 1.82) is 0 Å². The van der Waals surface area contributed by atoms with Gasteiger partial charge in [0.25, 0.3) is 0 Å². The summed E-state index contributed by atoms with van der Waals surface area (Å²) < 4.78 is 0. The zero-order valence-electron chi connectivity index (χ0n) is 24.1. The molecule has 3 heterocycles. The molecule has 1 saturated carbocycles. The van der Waals surface area contributed by atoms with Crippen LogP contribution in [-0.2, 0) is 4.79 Å². The van der Waals surface area contributed by atoms with E-state index in [1.54, 1.807) is 42.5 Å². The third-order valence-electron chi connectivity index (χ3n) is 8.05. The van der Waals surface area contributed by atoms with E-state index in [9.17, 15) is 15.0 Å². The molecule has 1 aliphatic carbocycles. The van der Waals surface area contributed by atoms with E-state index in [0.717, 1.165) is 42.3 Å². The van der Waals surface area contributed by atoms with Crippen molar-refractivity contribution in [3.63, 3.8) is 0 Å². The van der Waals surface area contributed by atoms with Crippen LogP contribution < -0.4 is 20.9 Å². The van der Waals surface area contributed by atoms with Crippen LogP contribution in [0.15, 0.2) is 48.9 Å². The third kappa shape index (κ3) is 6.32. The topological polar surface area (TPSA) is 141 Å². The summed E-state index contributed by atoms with van der Waals surface area (Å²) in [6.07, 6.45) is 10.4. The first-order valence-electron chi connectivity index (χ1n) is 14.4. The zero-order valence-corrected chi connectivity index (χ0v) is 26.4. The first-order chi connectivity index (χ1) is 21.2. The Morgan fingerprint density at radius 1 is 1.11 bits per heavy atom. The van der Waals surface area contributed by atoms with Crippen molar-refractivity contribution in [2.45, 2.75) is 43.8 Å². The van der Waals surface area contributed by atoms with Gasteiger partial charge in [0.05, 0.1) is 51.2 Å². The number of phenolic OH excluding ortho intramolecular Hbond substituents is 1. The minimum absolute atomic E-state index is 0.0913. The summed E-state index contributed by atoms with van der Waals surface area (Å²) in [7, 11) is 0. The maximum Gasteiger partial charge on any atom is 0.326 e. The standard InChI is InChI=1S/C31H33Cl2N7O3S/c1-44-9-7-26(30(42)43)40(21-3-4-21)27-15-35-25-5-2-17(18-11-23(32)29(41)24(33)12-18)10-22(25)28(27)38-20-13-36-31(37-14-20)39-8-6-19(34)16-39/h2,5,10-15,19,21,26,41H,3-4,6-9,16,34H2,1H3,(H,35,38)(H,42,43)/t19?,26-/m0/s1. The maximum absolute atomic E-state index is 12.6. The van der Waals surface area contributed by atoms with E-state index in [4.69, 9.17) is 33.9 Å². The summed E-state index contributed by atoms with van der Waals surface area (Å²) in [6, 6.07) is 8.57. The molecule has 2 aromatic heterocycles. The number of nitrogens with zero attached hydrogens (tertiary/aromatic N) is 5. The van der Waals surface area contributed by atoms with Crippen LogP contribution in [0.5, 0.6) is 5.75 Å². The first-order valence-corrected chi connectivity index (χ1v) is 16.6. The second-order valence-electron chi connectivity index (χ2n) is 11.2. The molecule has 13 heteroatoms. The molecule has 0 spiro atoms. The molecular formula is C31H33Cl2N7O3S. The van der Waals surface area contributed by atoms with Crippen LogP contribution in [0, 0.1) is 0 Å². The van der Waals surface area contributed by atoms with Crippen molar-refractivity contribution in [3.8, 4) is 16.9 Å². The number of aromatic hydroxyl groups is 1. The van der Waals surface area contributed by atoms with Gasteiger partial charge in [-0.1, -0.05) is 29.3 Å². The molecule has 0 radical (unpaired) electrons. The molecule has 1 unspecified atom stereocenters. The van der Waals surface area contributed by atoms with Crippen LogP contribution in [-0.4, -0.2) is 74.4 Å². The van der Waals surface area contributed by atoms with Gasteiger partial charge in [-0.2, -0.15) is 11.8 Å². The van der Waals surface area contributed by atoms with E-state index in [1.165, 1.54) is 0 Å². The lowest BCUT2D eigenvalue weighted by Crippen LogP contribution is -2.43. The number of nitrogens with one attached hydrogen (secondary N) is 1. The fourth-order valence-electron chi connectivity index (χ4n) is 5.67. The smallest absolute Gasteiger partial charge is 0.326 e. The number of halogens is 2. The molecule has 2 fully saturated rings. The lowest BCUT2D eigenvalue weighted by Gasteiger charge is -2.33. The van der Waals surface area contributed by atoms with Crippen LogP contribution in [0.1, 0.15) is 25.7 Å². The summed E-state index contributed by atoms with van der Waals surface area (Å²) in [5.74, 6) is 0.296. The number of hydrogen-bond donors (Lipinski definition) is 4. The van der Waals surface area contributed by atoms with Gasteiger partial charge in [-0.25, -0.2) is 14.8 Å². The van der Waals surface area contributed by atoms with Gasteiger partial charge >= 0.3 is 5.97 Å². The van der Waals surface area contributed by atoms with Crippen molar-refractivity contribution >= 4 is 74.8 Å². The lowest BCUT2D eigenvalue weighted by molar-refractivity contribution is -0.138. The Morgan fingerprint density at radius 2 is 1.84 bits per heavy atom. The van der Waals surface area contributed by atoms with E-state index in [-0.39, 0.29) is 27.9 Å². The van der Waals surface area contributed by atoms with Crippen molar-refractivity contribution in [2.75, 3.05) is 40.2 Å². The summed E-state index contributed by atoms with van der Waals surface area (Å²) in [6.45, 7) is 1.52. The summed E-state index contributed by atoms with van der Waals surface area (Å²) in [4.78, 5) is 30.7. The summed E-state index contributed by atoms with van der Waals surface area (Å²) in [5.41, 5.74) is 10.4. The fraction of sp³-hybridized carbons (Fsp3) is 0.355. The molecule has 0 bridgehead atoms. The zero-order chi connectivity index (χ0) is 31.0. The highest BCUT2D eigenvalue weighted by Crippen LogP contribution is 2.44. The molecule has 0 amide bonds. The molecular weight excluding hydrogens is 621 g/mol. The summed E-state index contributed by atoms with van der Waals surface area (Å²) >= 11 is 14.1. The molecule has 230 valence electrons. The minimum atomic E-state index is -0.865. The molecule has 6 rings (SSSR count). The quantitative estimate of drug-likeness (QED) is 0.148. The molecule has 4 aromatic rings. The van der Waals surface area contributed by atoms with Gasteiger partial charge in [0.15, 0.2) is 5.75 Å². The number of pyridine rings is 1. The lowest BCUT2D eigenvalue weighted by atomic mass is 10.0. The maximum atomic E-state index is 12.6. The first kappa shape index (κ1) is 30.5. The molecule has 5 N–H and O–H groups in total. The van der Waals surface area contributed by atoms with Crippen molar-refractivity contribution < 1.29 is 15.0 Å². The Hall–Kier alpha value is -3.51. The highest BCUT2D eigenvalue weighted by Gasteiger charge is 2.39. The molecule has 2 aromatic carbocycles. The van der Waals surface area contributed by atoms with Crippen molar-refractivity contribution in [3.05, 3.63) is 59.0 Å². The van der Waals surface area contributed by atoms with E-state index in [1.807, 2.05) is 29.4 Å². The number of benzene rings is 2. The van der Waals surface area contributed by atoms with Crippen molar-refractivity contribution in [2.24, 2.45) is 5.73 Å². The van der Waals surface area contributed by atoms with Crippen LogP contribution in [0.4, 0.5) is 23.0 Å². The second-order valence-corrected chi connectivity index (χ2v) is 13.0. The van der Waals surface area contributed by atoms with E-state index < -0.39 is 12.0 Å². The van der Waals surface area contributed by atoms with Gasteiger partial charge < -0.3 is 31.1 Å². The molecule has 2 aliphatic rings. The number of nitrogens with two attached hydrogens (primary N) is 1. The van der Waals surface area contributed by atoms with Crippen LogP contribution in [0.2, 0.25) is 10.0 Å². The van der Waals surface area contributed by atoms with Gasteiger partial charge in [0.1, 0.15) is 6.04 Å². The number of carboxylic acids is 1. The van der Waals surface area contributed by atoms with Gasteiger partial charge in [-0.05, 0) is 73.1 Å². The largest absolute Gasteiger partial charge is 0.505 e. The van der Waals surface area contributed by atoms with E-state index in [2.05, 4.69) is 20.2 Å². The number of anilines is 4. The summed E-state index contributed by atoms with van der Waals surface area (Å²) in [5, 5.41) is 25.1. The Kier molecular flexibility index (Phi) is 8.91. The number of carbonyl (C=O) groups is 1. The van der Waals surface area contributed by atoms with Gasteiger partial charge in [0.2, 0.25) is 5.95 Å². The SMILES string of the molecule is CSCC[C@@H](C(=O)O)N(c1cnc2ccc(-c3cc(Cl)c(O)c(Cl)c3)cc2c1Nc1cnc(N2CCC(N)C2)nc1)C1CC1. The van der Waals surface area contributed by atoms with E-state index >= 15 is 0 Å².